The SMILES string of the molecule is Cn1cnnc1-c1cnns1. The predicted octanol–water partition coefficient (Wildman–Crippen LogP) is 0.334. The van der Waals surface area contributed by atoms with E-state index in [4.69, 9.17) is 0 Å². The molecule has 5 nitrogen and oxygen atoms in total. The molecule has 0 aliphatic rings. The van der Waals surface area contributed by atoms with Crippen molar-refractivity contribution < 1.29 is 0 Å². The number of aromatic nitrogens is 5. The zero-order valence-corrected chi connectivity index (χ0v) is 6.62. The molecule has 2 rings (SSSR count). The van der Waals surface area contributed by atoms with Gasteiger partial charge < -0.3 is 4.57 Å². The first-order valence-electron chi connectivity index (χ1n) is 2.99. The van der Waals surface area contributed by atoms with Gasteiger partial charge in [-0.2, -0.15) is 0 Å². The Morgan fingerprint density at radius 3 is 2.91 bits per heavy atom. The molecule has 2 aromatic heterocycles. The maximum atomic E-state index is 3.90. The number of aryl methyl sites for hydroxylation is 1. The van der Waals surface area contributed by atoms with Crippen LogP contribution in [-0.4, -0.2) is 24.4 Å². The Morgan fingerprint density at radius 2 is 2.36 bits per heavy atom. The van der Waals surface area contributed by atoms with Gasteiger partial charge in [-0.25, -0.2) is 0 Å². The average Bonchev–Trinajstić information content (AvgIpc) is 2.55. The van der Waals surface area contributed by atoms with Crippen LogP contribution >= 0.6 is 11.5 Å². The fourth-order valence-corrected chi connectivity index (χ4v) is 1.31. The molecule has 0 aliphatic carbocycles. The van der Waals surface area contributed by atoms with Crippen LogP contribution in [0.15, 0.2) is 12.5 Å². The van der Waals surface area contributed by atoms with Crippen LogP contribution in [0.25, 0.3) is 10.7 Å². The highest BCUT2D eigenvalue weighted by Crippen LogP contribution is 2.16. The van der Waals surface area contributed by atoms with E-state index in [9.17, 15) is 0 Å². The van der Waals surface area contributed by atoms with Crippen molar-refractivity contribution in [3.63, 3.8) is 0 Å². The molecule has 0 unspecified atom stereocenters. The first-order chi connectivity index (χ1) is 5.38. The maximum Gasteiger partial charge on any atom is 0.176 e. The minimum absolute atomic E-state index is 0.806. The Balaban J connectivity index is 2.53. The molecule has 0 amide bonds. The van der Waals surface area contributed by atoms with Crippen molar-refractivity contribution in [3.05, 3.63) is 12.5 Å². The van der Waals surface area contributed by atoms with E-state index in [-0.39, 0.29) is 0 Å². The molecule has 0 bridgehead atoms. The lowest BCUT2D eigenvalue weighted by Crippen LogP contribution is -1.87. The summed E-state index contributed by atoms with van der Waals surface area (Å²) in [7, 11) is 1.88. The van der Waals surface area contributed by atoms with Gasteiger partial charge in [0.15, 0.2) is 5.82 Å². The van der Waals surface area contributed by atoms with E-state index in [0.717, 1.165) is 10.7 Å². The predicted molar refractivity (Wildman–Crippen MR) is 39.9 cm³/mol. The first-order valence-corrected chi connectivity index (χ1v) is 3.77. The molecule has 2 heterocycles. The minimum atomic E-state index is 0.806. The summed E-state index contributed by atoms with van der Waals surface area (Å²) in [4.78, 5) is 0.935. The van der Waals surface area contributed by atoms with Crippen molar-refractivity contribution in [1.82, 2.24) is 24.4 Å². The van der Waals surface area contributed by atoms with Gasteiger partial charge >= 0.3 is 0 Å². The molecule has 0 radical (unpaired) electrons. The van der Waals surface area contributed by atoms with Crippen molar-refractivity contribution >= 4 is 11.5 Å². The molecule has 2 aromatic rings. The minimum Gasteiger partial charge on any atom is -0.316 e. The van der Waals surface area contributed by atoms with Crippen molar-refractivity contribution in [2.75, 3.05) is 0 Å². The molecule has 0 N–H and O–H groups in total. The third-order valence-corrected chi connectivity index (χ3v) is 1.95. The summed E-state index contributed by atoms with van der Waals surface area (Å²) in [6.07, 6.45) is 3.32. The Hall–Kier alpha value is -1.30. The summed E-state index contributed by atoms with van der Waals surface area (Å²) in [5, 5.41) is 11.4. The van der Waals surface area contributed by atoms with Gasteiger partial charge in [0.2, 0.25) is 0 Å². The summed E-state index contributed by atoms with van der Waals surface area (Å²) in [6, 6.07) is 0. The highest BCUT2D eigenvalue weighted by atomic mass is 32.1. The van der Waals surface area contributed by atoms with Crippen LogP contribution in [0.1, 0.15) is 0 Å². The topological polar surface area (TPSA) is 56.5 Å². The number of nitrogens with zero attached hydrogens (tertiary/aromatic N) is 5. The van der Waals surface area contributed by atoms with Crippen LogP contribution < -0.4 is 0 Å². The molecule has 0 saturated carbocycles. The summed E-state index contributed by atoms with van der Waals surface area (Å²) in [6.45, 7) is 0. The summed E-state index contributed by atoms with van der Waals surface area (Å²) < 4.78 is 5.56. The van der Waals surface area contributed by atoms with E-state index >= 15 is 0 Å². The van der Waals surface area contributed by atoms with Crippen LogP contribution in [0.4, 0.5) is 0 Å². The summed E-state index contributed by atoms with van der Waals surface area (Å²) in [5.41, 5.74) is 0. The van der Waals surface area contributed by atoms with E-state index in [2.05, 4.69) is 19.8 Å². The third kappa shape index (κ3) is 1.01. The summed E-state index contributed by atoms with van der Waals surface area (Å²) in [5.74, 6) is 0.806. The largest absolute Gasteiger partial charge is 0.316 e. The van der Waals surface area contributed by atoms with Gasteiger partial charge in [-0.15, -0.1) is 15.3 Å². The smallest absolute Gasteiger partial charge is 0.176 e. The van der Waals surface area contributed by atoms with Crippen molar-refractivity contribution in [1.29, 1.82) is 0 Å². The van der Waals surface area contributed by atoms with Crippen LogP contribution in [0.5, 0.6) is 0 Å². The van der Waals surface area contributed by atoms with Gasteiger partial charge in [0, 0.05) is 7.05 Å². The van der Waals surface area contributed by atoms with Crippen molar-refractivity contribution in [2.45, 2.75) is 0 Å². The fraction of sp³-hybridized carbons (Fsp3) is 0.200. The van der Waals surface area contributed by atoms with Crippen molar-refractivity contribution in [2.24, 2.45) is 7.05 Å². The zero-order chi connectivity index (χ0) is 7.68. The zero-order valence-electron chi connectivity index (χ0n) is 5.80. The van der Waals surface area contributed by atoms with Gasteiger partial charge in [-0.05, 0) is 11.5 Å². The van der Waals surface area contributed by atoms with Crippen LogP contribution in [0.2, 0.25) is 0 Å². The first kappa shape index (κ1) is 6.41. The number of hydrogen-bond donors (Lipinski definition) is 0. The number of rotatable bonds is 1. The van der Waals surface area contributed by atoms with Crippen LogP contribution in [-0.2, 0) is 7.05 Å². The molecule has 6 heteroatoms. The quantitative estimate of drug-likeness (QED) is 0.614. The second-order valence-electron chi connectivity index (χ2n) is 2.05. The van der Waals surface area contributed by atoms with Gasteiger partial charge in [-0.3, -0.25) is 0 Å². The molecule has 0 aliphatic heterocycles. The Kier molecular flexibility index (Phi) is 1.39. The van der Waals surface area contributed by atoms with E-state index in [1.807, 2.05) is 11.6 Å². The third-order valence-electron chi connectivity index (χ3n) is 1.29. The lowest BCUT2D eigenvalue weighted by Gasteiger charge is -1.91. The lowest BCUT2D eigenvalue weighted by molar-refractivity contribution is 0.921. The molecule has 0 aromatic carbocycles. The van der Waals surface area contributed by atoms with Crippen LogP contribution in [0.3, 0.4) is 0 Å². The van der Waals surface area contributed by atoms with Crippen LogP contribution in [0, 0.1) is 0 Å². The Bertz CT molecular complexity index is 337. The normalized spacial score (nSPS) is 10.3. The fourth-order valence-electron chi connectivity index (χ4n) is 0.772. The Labute approximate surface area is 66.9 Å². The lowest BCUT2D eigenvalue weighted by atomic mass is 10.5. The standard InChI is InChI=1S/C5H5N5S/c1-10-3-7-8-5(10)4-2-6-9-11-4/h2-3H,1H3. The number of hydrogen-bond acceptors (Lipinski definition) is 5. The molecule has 56 valence electrons. The molecular formula is C5H5N5S. The molecule has 0 saturated heterocycles. The van der Waals surface area contributed by atoms with Crippen molar-refractivity contribution in [3.8, 4) is 10.7 Å². The summed E-state index contributed by atoms with van der Waals surface area (Å²) >= 11 is 1.31. The van der Waals surface area contributed by atoms with E-state index in [1.54, 1.807) is 12.5 Å². The van der Waals surface area contributed by atoms with Gasteiger partial charge in [0.25, 0.3) is 0 Å². The molecule has 0 spiro atoms. The highest BCUT2D eigenvalue weighted by molar-refractivity contribution is 7.09. The highest BCUT2D eigenvalue weighted by Gasteiger charge is 2.05. The molecule has 0 atom stereocenters. The second kappa shape index (κ2) is 2.39. The molecule has 0 fully saturated rings. The van der Waals surface area contributed by atoms with Gasteiger partial charge in [0.05, 0.1) is 6.20 Å². The second-order valence-corrected chi connectivity index (χ2v) is 2.83. The Morgan fingerprint density at radius 1 is 1.45 bits per heavy atom. The maximum absolute atomic E-state index is 3.90. The van der Waals surface area contributed by atoms with E-state index in [1.165, 1.54) is 11.5 Å². The average molecular weight is 167 g/mol. The van der Waals surface area contributed by atoms with Gasteiger partial charge in [-0.1, -0.05) is 4.49 Å². The monoisotopic (exact) mass is 167 g/mol. The van der Waals surface area contributed by atoms with Gasteiger partial charge in [0.1, 0.15) is 11.2 Å². The van der Waals surface area contributed by atoms with E-state index in [0.29, 0.717) is 0 Å². The van der Waals surface area contributed by atoms with E-state index < -0.39 is 0 Å². The molecule has 11 heavy (non-hydrogen) atoms. The molecular weight excluding hydrogens is 162 g/mol.